The van der Waals surface area contributed by atoms with Crippen molar-refractivity contribution < 1.29 is 28.8 Å². The molecule has 2 N–H and O–H groups in total. The summed E-state index contributed by atoms with van der Waals surface area (Å²) in [5.74, 6) is -4.63. The van der Waals surface area contributed by atoms with Crippen molar-refractivity contribution in [3.63, 3.8) is 0 Å². The van der Waals surface area contributed by atoms with Crippen LogP contribution in [-0.2, 0) is 30.4 Å². The Kier molecular flexibility index (Phi) is 5.61. The third-order valence-corrected chi connectivity index (χ3v) is 3.77. The highest BCUT2D eigenvalue weighted by atomic mass is 32.9. The number of thiol groups is 1. The fraction of sp³-hybridized carbons (Fsp3) is 0.600. The third kappa shape index (κ3) is 4.92. The summed E-state index contributed by atoms with van der Waals surface area (Å²) in [6.45, 7) is -0.556. The topological polar surface area (TPSA) is 93.1 Å². The van der Waals surface area contributed by atoms with Crippen LogP contribution in [0.15, 0.2) is 0 Å². The average Bonchev–Trinajstić information content (AvgIpc) is 2.03. The highest BCUT2D eigenvalue weighted by Crippen LogP contribution is 2.52. The first kappa shape index (κ1) is 13.9. The lowest BCUT2D eigenvalue weighted by molar-refractivity contribution is -0.155. The summed E-state index contributed by atoms with van der Waals surface area (Å²) in [6.07, 6.45) is 0. The van der Waals surface area contributed by atoms with Crippen molar-refractivity contribution in [2.75, 3.05) is 13.7 Å². The van der Waals surface area contributed by atoms with Crippen LogP contribution in [0.25, 0.3) is 0 Å². The Bertz CT molecular complexity index is 265. The molecule has 0 saturated carbocycles. The standard InChI is InChI=1S/C5H9O6PS2/c1-10-12(13,14)11-2-3(4(6)7)5(8)9/h3H,2H2,1H3,(H,6,7)(H,8,9)(H,13,14). The Labute approximate surface area is 90.5 Å². The minimum Gasteiger partial charge on any atom is -0.481 e. The average molecular weight is 260 g/mol. The van der Waals surface area contributed by atoms with Crippen LogP contribution in [-0.4, -0.2) is 35.9 Å². The summed E-state index contributed by atoms with van der Waals surface area (Å²) < 4.78 is 9.40. The first-order chi connectivity index (χ1) is 6.30. The number of rotatable bonds is 6. The van der Waals surface area contributed by atoms with Crippen molar-refractivity contribution >= 4 is 41.7 Å². The van der Waals surface area contributed by atoms with Crippen LogP contribution in [0, 0.1) is 5.92 Å². The molecule has 0 amide bonds. The van der Waals surface area contributed by atoms with Gasteiger partial charge in [-0.15, -0.1) is 0 Å². The zero-order valence-electron chi connectivity index (χ0n) is 7.11. The molecule has 0 radical (unpaired) electrons. The summed E-state index contributed by atoms with van der Waals surface area (Å²) in [5.41, 5.74) is -2.81. The van der Waals surface area contributed by atoms with Crippen LogP contribution in [0.2, 0.25) is 0 Å². The Hall–Kier alpha value is -0.140. The monoisotopic (exact) mass is 260 g/mol. The van der Waals surface area contributed by atoms with E-state index in [0.717, 1.165) is 0 Å². The Morgan fingerprint density at radius 3 is 2.21 bits per heavy atom. The molecule has 6 nitrogen and oxygen atoms in total. The van der Waals surface area contributed by atoms with Gasteiger partial charge < -0.3 is 19.3 Å². The van der Waals surface area contributed by atoms with Crippen LogP contribution in [0.5, 0.6) is 0 Å². The molecule has 0 aromatic heterocycles. The lowest BCUT2D eigenvalue weighted by atomic mass is 10.2. The van der Waals surface area contributed by atoms with E-state index in [2.05, 4.69) is 28.6 Å². The second-order valence-corrected chi connectivity index (χ2v) is 7.57. The van der Waals surface area contributed by atoms with E-state index in [1.165, 1.54) is 7.11 Å². The van der Waals surface area contributed by atoms with Crippen LogP contribution in [0.4, 0.5) is 0 Å². The zero-order chi connectivity index (χ0) is 11.4. The summed E-state index contributed by atoms with van der Waals surface area (Å²) in [7, 11) is 1.25. The highest BCUT2D eigenvalue weighted by Gasteiger charge is 2.28. The van der Waals surface area contributed by atoms with Gasteiger partial charge in [0.1, 0.15) is 0 Å². The van der Waals surface area contributed by atoms with Gasteiger partial charge in [0.05, 0.1) is 6.61 Å². The van der Waals surface area contributed by atoms with Gasteiger partial charge in [-0.25, -0.2) is 0 Å². The molecule has 0 aliphatic heterocycles. The molecule has 0 bridgehead atoms. The molecule has 0 fully saturated rings. The van der Waals surface area contributed by atoms with Gasteiger partial charge in [0.25, 0.3) is 0 Å². The lowest BCUT2D eigenvalue weighted by Crippen LogP contribution is -2.27. The largest absolute Gasteiger partial charge is 0.481 e. The van der Waals surface area contributed by atoms with Crippen LogP contribution in [0.3, 0.4) is 0 Å². The van der Waals surface area contributed by atoms with E-state index in [1.807, 2.05) is 0 Å². The number of carboxylic acids is 2. The first-order valence-corrected chi connectivity index (χ1v) is 7.08. The number of hydrogen-bond acceptors (Lipinski definition) is 5. The molecular weight excluding hydrogens is 251 g/mol. The minimum atomic E-state index is -2.81. The van der Waals surface area contributed by atoms with E-state index in [0.29, 0.717) is 0 Å². The summed E-state index contributed by atoms with van der Waals surface area (Å²) in [4.78, 5) is 20.8. The smallest absolute Gasteiger partial charge is 0.320 e. The molecule has 0 rings (SSSR count). The van der Waals surface area contributed by atoms with Gasteiger partial charge in [-0.2, -0.15) is 0 Å². The molecule has 0 heterocycles. The molecule has 9 heteroatoms. The van der Waals surface area contributed by atoms with Gasteiger partial charge >= 0.3 is 11.9 Å². The van der Waals surface area contributed by atoms with Gasteiger partial charge in [-0.05, 0) is 11.8 Å². The van der Waals surface area contributed by atoms with Gasteiger partial charge in [0.2, 0.25) is 5.69 Å². The number of carboxylic acid groups (broad SMARTS) is 2. The van der Waals surface area contributed by atoms with Gasteiger partial charge in [0.15, 0.2) is 5.92 Å². The zero-order valence-corrected chi connectivity index (χ0v) is 9.72. The van der Waals surface area contributed by atoms with Crippen LogP contribution in [0.1, 0.15) is 0 Å². The second kappa shape index (κ2) is 5.67. The second-order valence-electron chi connectivity index (χ2n) is 2.18. The van der Waals surface area contributed by atoms with E-state index in [1.54, 1.807) is 0 Å². The predicted octanol–water partition coefficient (Wildman–Crippen LogP) is 0.589. The Morgan fingerprint density at radius 2 is 1.93 bits per heavy atom. The van der Waals surface area contributed by atoms with E-state index in [-0.39, 0.29) is 0 Å². The van der Waals surface area contributed by atoms with Gasteiger partial charge in [-0.3, -0.25) is 9.59 Å². The third-order valence-electron chi connectivity index (χ3n) is 1.23. The van der Waals surface area contributed by atoms with Gasteiger partial charge in [-0.1, -0.05) is 12.2 Å². The molecule has 0 aliphatic carbocycles. The molecule has 82 valence electrons. The van der Waals surface area contributed by atoms with E-state index in [4.69, 9.17) is 14.7 Å². The molecule has 0 aromatic rings. The normalized spacial score (nSPS) is 15.1. The van der Waals surface area contributed by atoms with E-state index >= 15 is 0 Å². The molecule has 0 spiro atoms. The molecule has 0 aromatic carbocycles. The van der Waals surface area contributed by atoms with Crippen molar-refractivity contribution in [1.29, 1.82) is 0 Å². The maximum Gasteiger partial charge on any atom is 0.320 e. The van der Waals surface area contributed by atoms with Crippen molar-refractivity contribution in [2.45, 2.75) is 0 Å². The number of aliphatic carboxylic acids is 2. The Balaban J connectivity index is 4.28. The Morgan fingerprint density at radius 1 is 1.50 bits per heavy atom. The molecule has 1 atom stereocenters. The summed E-state index contributed by atoms with van der Waals surface area (Å²) in [5, 5.41) is 16.9. The fourth-order valence-electron chi connectivity index (χ4n) is 0.470. The minimum absolute atomic E-state index is 0.556. The molecular formula is C5H9O6PS2. The summed E-state index contributed by atoms with van der Waals surface area (Å²) in [6, 6.07) is 0. The number of carbonyl (C=O) groups is 2. The SMILES string of the molecule is COP(=S)(S)OCC(C(=O)O)C(=O)O. The quantitative estimate of drug-likeness (QED) is 0.365. The maximum atomic E-state index is 10.4. The fourth-order valence-corrected chi connectivity index (χ4v) is 1.30. The van der Waals surface area contributed by atoms with Crippen molar-refractivity contribution in [1.82, 2.24) is 0 Å². The van der Waals surface area contributed by atoms with Crippen LogP contribution < -0.4 is 0 Å². The van der Waals surface area contributed by atoms with Crippen molar-refractivity contribution in [3.8, 4) is 0 Å². The van der Waals surface area contributed by atoms with Gasteiger partial charge in [0, 0.05) is 7.11 Å². The molecule has 0 aliphatic rings. The van der Waals surface area contributed by atoms with E-state index in [9.17, 15) is 9.59 Å². The summed E-state index contributed by atoms with van der Waals surface area (Å²) >= 11 is 8.47. The van der Waals surface area contributed by atoms with Crippen molar-refractivity contribution in [3.05, 3.63) is 0 Å². The molecule has 0 saturated heterocycles. The highest BCUT2D eigenvalue weighted by molar-refractivity contribution is 8.60. The lowest BCUT2D eigenvalue weighted by Gasteiger charge is -2.15. The van der Waals surface area contributed by atoms with Crippen molar-refractivity contribution in [2.24, 2.45) is 5.92 Å². The predicted molar refractivity (Wildman–Crippen MR) is 55.0 cm³/mol. The van der Waals surface area contributed by atoms with Crippen LogP contribution >= 0.6 is 17.9 Å². The number of hydrogen-bond donors (Lipinski definition) is 3. The molecule has 1 unspecified atom stereocenters. The first-order valence-electron chi connectivity index (χ1n) is 3.29. The van der Waals surface area contributed by atoms with E-state index < -0.39 is 30.2 Å². The maximum absolute atomic E-state index is 10.4. The molecule has 14 heavy (non-hydrogen) atoms.